The fraction of sp³-hybridized carbons (Fsp3) is 0.739. The molecule has 0 radical (unpaired) electrons. The number of rotatable bonds is 9. The number of ketones is 1. The van der Waals surface area contributed by atoms with Gasteiger partial charge in [-0.3, -0.25) is 4.79 Å². The first kappa shape index (κ1) is 39.6. The molecule has 0 aromatic heterocycles. The number of carbonyl (C=O) groups is 2. The molecule has 1 unspecified atom stereocenters. The molecule has 302 valence electrons. The van der Waals surface area contributed by atoms with Crippen molar-refractivity contribution in [3.8, 4) is 0 Å². The summed E-state index contributed by atoms with van der Waals surface area (Å²) in [5.41, 5.74) is -2.35. The molecule has 1 aliphatic heterocycles. The van der Waals surface area contributed by atoms with E-state index in [4.69, 9.17) is 21.1 Å². The van der Waals surface area contributed by atoms with E-state index >= 15 is 4.39 Å². The molecular weight excluding hydrogens is 717 g/mol. The molecule has 7 aliphatic carbocycles. The van der Waals surface area contributed by atoms with Crippen LogP contribution in [0.4, 0.5) is 9.18 Å². The van der Waals surface area contributed by atoms with Gasteiger partial charge in [0.25, 0.3) is 0 Å². The quantitative estimate of drug-likeness (QED) is 0.243. The molecule has 7 nitrogen and oxygen atoms in total. The van der Waals surface area contributed by atoms with Crippen molar-refractivity contribution in [1.82, 2.24) is 4.90 Å². The van der Waals surface area contributed by atoms with Crippen molar-refractivity contribution in [3.63, 3.8) is 0 Å². The number of ether oxygens (including phenoxy) is 2. The number of halogens is 2. The first-order valence-electron chi connectivity index (χ1n) is 21.4. The maximum absolute atomic E-state index is 15.2. The van der Waals surface area contributed by atoms with E-state index in [2.05, 4.69) is 52.8 Å². The highest BCUT2D eigenvalue weighted by Gasteiger charge is 2.74. The standard InChI is InChI=1S/C46H63ClFNO6/c1-28(2)32-12-11-29(3)22-38(32)55-41(52)49(26-31-8-7-21-54-31)27-45(53)18-15-40-43(45,5)17-14-39-42(4)16-13-30(50)24-44(42)19-20-46(39,40)34(25-44)37(51)23-33-35(47)9-6-10-36(33)48/h6,9-10,19-20,25,28-32,38-40,50,53H,7-8,11-18,21-24,26-27H2,1-5H3/t29-,30?,31+,32+,38-,39+,40+,42+,43-,44-,45+,46+/m0/s1. The molecule has 1 amide bonds. The molecule has 55 heavy (non-hydrogen) atoms. The van der Waals surface area contributed by atoms with Crippen LogP contribution in [0.25, 0.3) is 0 Å². The molecule has 2 bridgehead atoms. The maximum atomic E-state index is 15.2. The Morgan fingerprint density at radius 1 is 1.04 bits per heavy atom. The molecule has 5 fully saturated rings. The molecule has 1 saturated heterocycles. The Bertz CT molecular complexity index is 1720. The van der Waals surface area contributed by atoms with Crippen molar-refractivity contribution in [2.75, 3.05) is 19.7 Å². The van der Waals surface area contributed by atoms with Crippen molar-refractivity contribution in [3.05, 3.63) is 58.4 Å². The number of aliphatic hydroxyl groups excluding tert-OH is 1. The summed E-state index contributed by atoms with van der Waals surface area (Å²) in [6.45, 7) is 12.4. The van der Waals surface area contributed by atoms with Gasteiger partial charge in [0.15, 0.2) is 5.78 Å². The van der Waals surface area contributed by atoms with E-state index in [0.717, 1.165) is 51.4 Å². The third kappa shape index (κ3) is 6.20. The predicted octanol–water partition coefficient (Wildman–Crippen LogP) is 9.26. The monoisotopic (exact) mass is 779 g/mol. The van der Waals surface area contributed by atoms with E-state index in [1.165, 1.54) is 6.07 Å². The van der Waals surface area contributed by atoms with Crippen LogP contribution in [-0.4, -0.2) is 70.6 Å². The van der Waals surface area contributed by atoms with Crippen LogP contribution in [-0.2, 0) is 20.7 Å². The lowest BCUT2D eigenvalue weighted by atomic mass is 9.32. The van der Waals surface area contributed by atoms with Gasteiger partial charge in [-0.25, -0.2) is 9.18 Å². The molecule has 1 heterocycles. The lowest BCUT2D eigenvalue weighted by Crippen LogP contribution is -2.67. The van der Waals surface area contributed by atoms with Crippen LogP contribution in [0.2, 0.25) is 5.02 Å². The van der Waals surface area contributed by atoms with Gasteiger partial charge >= 0.3 is 6.09 Å². The minimum absolute atomic E-state index is 0.0987. The van der Waals surface area contributed by atoms with Gasteiger partial charge in [-0.15, -0.1) is 0 Å². The van der Waals surface area contributed by atoms with Crippen LogP contribution < -0.4 is 0 Å². The highest BCUT2D eigenvalue weighted by Crippen LogP contribution is 2.78. The molecule has 9 heteroatoms. The van der Waals surface area contributed by atoms with Gasteiger partial charge in [0.2, 0.25) is 0 Å². The molecular formula is C46H63ClFNO6. The van der Waals surface area contributed by atoms with E-state index in [1.54, 1.807) is 17.0 Å². The number of benzene rings is 1. The highest BCUT2D eigenvalue weighted by atomic mass is 35.5. The number of hydrogen-bond donors (Lipinski definition) is 2. The summed E-state index contributed by atoms with van der Waals surface area (Å²) in [5.74, 6) is 0.553. The molecule has 8 aliphatic rings. The van der Waals surface area contributed by atoms with Crippen LogP contribution in [0.5, 0.6) is 0 Å². The lowest BCUT2D eigenvalue weighted by Gasteiger charge is -2.71. The van der Waals surface area contributed by atoms with Crippen molar-refractivity contribution in [2.24, 2.45) is 51.2 Å². The van der Waals surface area contributed by atoms with Gasteiger partial charge in [0.1, 0.15) is 11.9 Å². The normalized spacial score (nSPS) is 43.1. The van der Waals surface area contributed by atoms with Crippen LogP contribution in [0.15, 0.2) is 42.0 Å². The van der Waals surface area contributed by atoms with E-state index in [1.807, 2.05) is 0 Å². The Morgan fingerprint density at radius 3 is 2.51 bits per heavy atom. The van der Waals surface area contributed by atoms with Crippen LogP contribution >= 0.6 is 11.6 Å². The fourth-order valence-electron chi connectivity index (χ4n) is 13.6. The van der Waals surface area contributed by atoms with E-state index < -0.39 is 33.8 Å². The van der Waals surface area contributed by atoms with Gasteiger partial charge in [-0.2, -0.15) is 0 Å². The second kappa shape index (κ2) is 14.2. The van der Waals surface area contributed by atoms with Crippen molar-refractivity contribution in [1.29, 1.82) is 0 Å². The second-order valence-corrected chi connectivity index (χ2v) is 20.3. The van der Waals surface area contributed by atoms with Gasteiger partial charge in [-0.1, -0.05) is 76.9 Å². The Hall–Kier alpha value is -2.26. The molecule has 1 aromatic carbocycles. The SMILES string of the molecule is CC(C)[C@H]1CC[C@H](C)C[C@@H]1OC(=O)N(C[C@H]1CCCO1)C[C@]1(O)CC[C@H]2[C@]34C=C[C@@]5(C=C3C(=O)Cc3c(F)cccc3Cl)CC(O)CC[C@]5(C)[C@H]4CC[C@@]21C. The second-order valence-electron chi connectivity index (χ2n) is 19.9. The number of hydrogen-bond acceptors (Lipinski definition) is 6. The lowest BCUT2D eigenvalue weighted by molar-refractivity contribution is -0.179. The Kier molecular flexibility index (Phi) is 10.2. The summed E-state index contributed by atoms with van der Waals surface area (Å²) < 4.78 is 27.8. The molecule has 2 spiro atoms. The van der Waals surface area contributed by atoms with Crippen LogP contribution in [0.1, 0.15) is 117 Å². The smallest absolute Gasteiger partial charge is 0.410 e. The maximum Gasteiger partial charge on any atom is 0.410 e. The minimum Gasteiger partial charge on any atom is -0.446 e. The third-order valence-electron chi connectivity index (χ3n) is 16.8. The number of nitrogens with zero attached hydrogens (tertiary/aromatic N) is 1. The zero-order chi connectivity index (χ0) is 39.1. The van der Waals surface area contributed by atoms with Crippen molar-refractivity contribution in [2.45, 2.75) is 142 Å². The van der Waals surface area contributed by atoms with E-state index in [-0.39, 0.29) is 64.9 Å². The number of carbonyl (C=O) groups excluding carboxylic acids is 2. The molecule has 1 aromatic rings. The summed E-state index contributed by atoms with van der Waals surface area (Å²) in [7, 11) is 0. The Balaban J connectivity index is 1.15. The third-order valence-corrected chi connectivity index (χ3v) is 17.1. The average Bonchev–Trinajstić information content (AvgIpc) is 3.74. The molecule has 12 atom stereocenters. The number of allylic oxidation sites excluding steroid dienone is 4. The fourth-order valence-corrected chi connectivity index (χ4v) is 13.9. The van der Waals surface area contributed by atoms with Gasteiger partial charge in [-0.05, 0) is 118 Å². The predicted molar refractivity (Wildman–Crippen MR) is 211 cm³/mol. The summed E-state index contributed by atoms with van der Waals surface area (Å²) in [6.07, 6.45) is 15.1. The van der Waals surface area contributed by atoms with Gasteiger partial charge in [0, 0.05) is 45.4 Å². The zero-order valence-corrected chi connectivity index (χ0v) is 34.4. The highest BCUT2D eigenvalue weighted by molar-refractivity contribution is 6.31. The largest absolute Gasteiger partial charge is 0.446 e. The van der Waals surface area contributed by atoms with Crippen molar-refractivity contribution < 1.29 is 33.7 Å². The first-order valence-corrected chi connectivity index (χ1v) is 21.8. The number of Topliss-reactive ketones (excluding diaryl/α,β-unsaturated/α-hetero) is 1. The number of aliphatic hydroxyl groups is 2. The van der Waals surface area contributed by atoms with Crippen molar-refractivity contribution >= 4 is 23.5 Å². The summed E-state index contributed by atoms with van der Waals surface area (Å²) in [5, 5.41) is 24.5. The molecule has 2 N–H and O–H groups in total. The zero-order valence-electron chi connectivity index (χ0n) is 33.6. The van der Waals surface area contributed by atoms with E-state index in [0.29, 0.717) is 62.2 Å². The average molecular weight is 780 g/mol. The summed E-state index contributed by atoms with van der Waals surface area (Å²) >= 11 is 6.51. The van der Waals surface area contributed by atoms with Crippen LogP contribution in [0, 0.1) is 57.1 Å². The van der Waals surface area contributed by atoms with E-state index in [9.17, 15) is 19.8 Å². The number of amides is 1. The topological polar surface area (TPSA) is 96.3 Å². The first-order chi connectivity index (χ1) is 26.1. The Labute approximate surface area is 332 Å². The summed E-state index contributed by atoms with van der Waals surface area (Å²) in [6, 6.07) is 4.54. The number of fused-ring (bicyclic) bond motifs is 1. The van der Waals surface area contributed by atoms with Gasteiger partial charge in [0.05, 0.1) is 30.9 Å². The van der Waals surface area contributed by atoms with Gasteiger partial charge < -0.3 is 24.6 Å². The summed E-state index contributed by atoms with van der Waals surface area (Å²) in [4.78, 5) is 31.0. The molecule has 4 saturated carbocycles. The molecule has 9 rings (SSSR count). The minimum atomic E-state index is -1.24. The Morgan fingerprint density at radius 2 is 1.78 bits per heavy atom. The van der Waals surface area contributed by atoms with Crippen LogP contribution in [0.3, 0.4) is 0 Å².